The van der Waals surface area contributed by atoms with Gasteiger partial charge < -0.3 is 10.2 Å². The fourth-order valence-electron chi connectivity index (χ4n) is 5.36. The molecule has 0 saturated heterocycles. The number of amides is 2. The summed E-state index contributed by atoms with van der Waals surface area (Å²) in [5.74, 6) is -0.729. The predicted molar refractivity (Wildman–Crippen MR) is 168 cm³/mol. The molecule has 224 valence electrons. The summed E-state index contributed by atoms with van der Waals surface area (Å²) in [7, 11) is -4.16. The quantitative estimate of drug-likeness (QED) is 0.291. The first-order valence-electron chi connectivity index (χ1n) is 14.5. The molecular weight excluding hydrogens is 570 g/mol. The Balaban J connectivity index is 1.71. The van der Waals surface area contributed by atoms with Gasteiger partial charge in [-0.2, -0.15) is 0 Å². The molecule has 1 aliphatic rings. The highest BCUT2D eigenvalue weighted by atomic mass is 35.5. The van der Waals surface area contributed by atoms with E-state index in [1.54, 1.807) is 44.2 Å². The van der Waals surface area contributed by atoms with Crippen molar-refractivity contribution < 1.29 is 18.0 Å². The van der Waals surface area contributed by atoms with E-state index >= 15 is 0 Å². The van der Waals surface area contributed by atoms with E-state index in [9.17, 15) is 18.0 Å². The Kier molecular flexibility index (Phi) is 10.3. The number of sulfonamides is 1. The Labute approximate surface area is 254 Å². The van der Waals surface area contributed by atoms with Gasteiger partial charge in [-0.1, -0.05) is 84.5 Å². The molecule has 0 aliphatic heterocycles. The number of hydrogen-bond acceptors (Lipinski definition) is 4. The van der Waals surface area contributed by atoms with E-state index in [4.69, 9.17) is 11.6 Å². The minimum absolute atomic E-state index is 0.0635. The van der Waals surface area contributed by atoms with Crippen molar-refractivity contribution in [2.24, 2.45) is 0 Å². The molecule has 0 aromatic heterocycles. The van der Waals surface area contributed by atoms with Crippen LogP contribution in [0, 0.1) is 20.8 Å². The number of benzene rings is 3. The van der Waals surface area contributed by atoms with Crippen LogP contribution in [-0.4, -0.2) is 43.8 Å². The van der Waals surface area contributed by atoms with Crippen LogP contribution in [0.25, 0.3) is 0 Å². The standard InChI is InChI=1S/C33H40ClN3O4S/c1-23-13-17-30(18-14-23)42(40,41)37(31-20-28(34)16-15-25(31)3)22-32(38)36(21-27-10-8-9-24(2)19-27)26(4)33(39)35-29-11-6-5-7-12-29/h8-10,13-20,26,29H,5-7,11-12,21-22H2,1-4H3,(H,35,39). The van der Waals surface area contributed by atoms with Gasteiger partial charge in [-0.15, -0.1) is 0 Å². The van der Waals surface area contributed by atoms with Gasteiger partial charge in [0.15, 0.2) is 0 Å². The summed E-state index contributed by atoms with van der Waals surface area (Å²) in [6.07, 6.45) is 5.13. The number of halogens is 1. The first kappa shape index (κ1) is 31.6. The first-order chi connectivity index (χ1) is 20.0. The number of rotatable bonds is 10. The summed E-state index contributed by atoms with van der Waals surface area (Å²) in [6, 6.07) is 18.5. The van der Waals surface area contributed by atoms with Gasteiger partial charge in [-0.05, 0) is 75.9 Å². The second kappa shape index (κ2) is 13.7. The normalized spacial score (nSPS) is 14.7. The number of hydrogen-bond donors (Lipinski definition) is 1. The molecule has 7 nitrogen and oxygen atoms in total. The summed E-state index contributed by atoms with van der Waals surface area (Å²) in [4.78, 5) is 29.2. The molecule has 3 aromatic carbocycles. The predicted octanol–water partition coefficient (Wildman–Crippen LogP) is 6.33. The molecule has 1 N–H and O–H groups in total. The van der Waals surface area contributed by atoms with E-state index in [1.165, 1.54) is 17.0 Å². The molecule has 1 fully saturated rings. The van der Waals surface area contributed by atoms with E-state index < -0.39 is 28.5 Å². The molecule has 9 heteroatoms. The summed E-state index contributed by atoms with van der Waals surface area (Å²) in [6.45, 7) is 6.99. The molecule has 42 heavy (non-hydrogen) atoms. The average molecular weight is 610 g/mol. The maximum Gasteiger partial charge on any atom is 0.264 e. The van der Waals surface area contributed by atoms with Crippen molar-refractivity contribution >= 4 is 39.1 Å². The van der Waals surface area contributed by atoms with Crippen molar-refractivity contribution in [3.8, 4) is 0 Å². The van der Waals surface area contributed by atoms with E-state index in [2.05, 4.69) is 5.32 Å². The first-order valence-corrected chi connectivity index (χ1v) is 16.3. The molecule has 1 aliphatic carbocycles. The van der Waals surface area contributed by atoms with Gasteiger partial charge in [0, 0.05) is 17.6 Å². The second-order valence-corrected chi connectivity index (χ2v) is 13.6. The Hall–Kier alpha value is -3.36. The third kappa shape index (κ3) is 7.72. The Bertz CT molecular complexity index is 1520. The van der Waals surface area contributed by atoms with Crippen LogP contribution < -0.4 is 9.62 Å². The molecule has 1 unspecified atom stereocenters. The van der Waals surface area contributed by atoms with Crippen molar-refractivity contribution in [2.45, 2.75) is 83.3 Å². The lowest BCUT2D eigenvalue weighted by Crippen LogP contribution is -2.53. The number of nitrogens with zero attached hydrogens (tertiary/aromatic N) is 2. The van der Waals surface area contributed by atoms with Gasteiger partial charge in [-0.3, -0.25) is 13.9 Å². The van der Waals surface area contributed by atoms with E-state index in [1.807, 2.05) is 38.1 Å². The molecule has 1 saturated carbocycles. The Morgan fingerprint density at radius 2 is 1.62 bits per heavy atom. The van der Waals surface area contributed by atoms with Crippen molar-refractivity contribution in [3.63, 3.8) is 0 Å². The molecular formula is C33H40ClN3O4S. The smallest absolute Gasteiger partial charge is 0.264 e. The topological polar surface area (TPSA) is 86.8 Å². The van der Waals surface area contributed by atoms with Crippen LogP contribution in [0.1, 0.15) is 61.3 Å². The van der Waals surface area contributed by atoms with Gasteiger partial charge in [-0.25, -0.2) is 8.42 Å². The molecule has 1 atom stereocenters. The minimum Gasteiger partial charge on any atom is -0.352 e. The van der Waals surface area contributed by atoms with Crippen LogP contribution in [-0.2, 0) is 26.2 Å². The lowest BCUT2D eigenvalue weighted by molar-refractivity contribution is -0.139. The van der Waals surface area contributed by atoms with E-state index in [0.29, 0.717) is 16.3 Å². The zero-order chi connectivity index (χ0) is 30.4. The number of anilines is 1. The van der Waals surface area contributed by atoms with Crippen molar-refractivity contribution in [3.05, 3.63) is 94.0 Å². The Morgan fingerprint density at radius 1 is 0.929 bits per heavy atom. The van der Waals surface area contributed by atoms with Crippen molar-refractivity contribution in [2.75, 3.05) is 10.8 Å². The molecule has 0 spiro atoms. The van der Waals surface area contributed by atoms with Gasteiger partial charge in [0.25, 0.3) is 10.0 Å². The van der Waals surface area contributed by atoms with Gasteiger partial charge in [0.1, 0.15) is 12.6 Å². The van der Waals surface area contributed by atoms with Crippen molar-refractivity contribution in [1.29, 1.82) is 0 Å². The third-order valence-electron chi connectivity index (χ3n) is 7.88. The fourth-order valence-corrected chi connectivity index (χ4v) is 7.00. The SMILES string of the molecule is Cc1ccc(S(=O)(=O)N(CC(=O)N(Cc2cccc(C)c2)C(C)C(=O)NC2CCCCC2)c2cc(Cl)ccc2C)cc1. The van der Waals surface area contributed by atoms with Crippen LogP contribution in [0.5, 0.6) is 0 Å². The summed E-state index contributed by atoms with van der Waals surface area (Å²) in [5, 5.41) is 3.48. The lowest BCUT2D eigenvalue weighted by Gasteiger charge is -2.33. The zero-order valence-electron chi connectivity index (χ0n) is 24.8. The number of aryl methyl sites for hydroxylation is 3. The molecule has 0 heterocycles. The number of nitrogens with one attached hydrogen (secondary N) is 1. The van der Waals surface area contributed by atoms with Gasteiger partial charge in [0.05, 0.1) is 10.6 Å². The second-order valence-electron chi connectivity index (χ2n) is 11.3. The van der Waals surface area contributed by atoms with Gasteiger partial charge in [0.2, 0.25) is 11.8 Å². The summed E-state index contributed by atoms with van der Waals surface area (Å²) in [5.41, 5.74) is 3.75. The van der Waals surface area contributed by atoms with Crippen LogP contribution >= 0.6 is 11.6 Å². The van der Waals surface area contributed by atoms with E-state index in [0.717, 1.165) is 53.1 Å². The van der Waals surface area contributed by atoms with Crippen LogP contribution in [0.15, 0.2) is 71.6 Å². The fraction of sp³-hybridized carbons (Fsp3) is 0.394. The third-order valence-corrected chi connectivity index (χ3v) is 9.89. The Morgan fingerprint density at radius 3 is 2.29 bits per heavy atom. The summed E-state index contributed by atoms with van der Waals surface area (Å²) < 4.78 is 29.2. The van der Waals surface area contributed by atoms with Crippen LogP contribution in [0.4, 0.5) is 5.69 Å². The molecule has 3 aromatic rings. The highest BCUT2D eigenvalue weighted by Crippen LogP contribution is 2.30. The average Bonchev–Trinajstić information content (AvgIpc) is 2.96. The van der Waals surface area contributed by atoms with Crippen molar-refractivity contribution in [1.82, 2.24) is 10.2 Å². The maximum absolute atomic E-state index is 14.2. The van der Waals surface area contributed by atoms with Crippen LogP contribution in [0.2, 0.25) is 5.02 Å². The molecule has 0 bridgehead atoms. The number of carbonyl (C=O) groups excluding carboxylic acids is 2. The molecule has 4 rings (SSSR count). The van der Waals surface area contributed by atoms with Crippen LogP contribution in [0.3, 0.4) is 0 Å². The van der Waals surface area contributed by atoms with Gasteiger partial charge >= 0.3 is 0 Å². The lowest BCUT2D eigenvalue weighted by atomic mass is 9.95. The zero-order valence-corrected chi connectivity index (χ0v) is 26.3. The largest absolute Gasteiger partial charge is 0.352 e. The summed E-state index contributed by atoms with van der Waals surface area (Å²) >= 11 is 6.31. The maximum atomic E-state index is 14.2. The van der Waals surface area contributed by atoms with E-state index in [-0.39, 0.29) is 23.4 Å². The highest BCUT2D eigenvalue weighted by Gasteiger charge is 2.34. The highest BCUT2D eigenvalue weighted by molar-refractivity contribution is 7.92. The number of carbonyl (C=O) groups is 2. The molecule has 0 radical (unpaired) electrons. The monoisotopic (exact) mass is 609 g/mol. The molecule has 2 amide bonds. The minimum atomic E-state index is -4.16.